The number of benzene rings is 8. The van der Waals surface area contributed by atoms with Crippen LogP contribution in [-0.2, 0) is 0 Å². The second-order valence-corrected chi connectivity index (χ2v) is 10.2. The van der Waals surface area contributed by atoms with Crippen LogP contribution in [0.4, 0.5) is 0 Å². The van der Waals surface area contributed by atoms with Crippen LogP contribution < -0.4 is 0 Å². The Kier molecular flexibility index (Phi) is 4.37. The smallest absolute Gasteiger partial charge is 0.0616 e. The van der Waals surface area contributed by atoms with E-state index in [-0.39, 0.29) is 24.2 Å². The molecule has 186 valence electrons. The predicted molar refractivity (Wildman–Crippen MR) is 173 cm³/mol. The topological polar surface area (TPSA) is 0 Å². The molecule has 8 aromatic rings. The predicted octanol–water partition coefficient (Wildman–Crippen LogP) is 11.3. The monoisotopic (exact) mass is 510 g/mol. The van der Waals surface area contributed by atoms with Crippen molar-refractivity contribution in [3.63, 3.8) is 0 Å². The Morgan fingerprint density at radius 1 is 0.325 bits per heavy atom. The largest absolute Gasteiger partial charge is 0.0629 e. The lowest BCUT2D eigenvalue weighted by molar-refractivity contribution is 1.63. The van der Waals surface area contributed by atoms with Crippen molar-refractivity contribution in [2.45, 2.75) is 0 Å². The molecule has 0 aliphatic heterocycles. The molecule has 0 unspecified atom stereocenters. The van der Waals surface area contributed by atoms with Gasteiger partial charge in [0.25, 0.3) is 0 Å². The highest BCUT2D eigenvalue weighted by Gasteiger charge is 2.17. The summed E-state index contributed by atoms with van der Waals surface area (Å²) >= 11 is 0. The summed E-state index contributed by atoms with van der Waals surface area (Å²) in [6.45, 7) is 0. The fraction of sp³-hybridized carbons (Fsp3) is 0. The molecule has 40 heavy (non-hydrogen) atoms. The van der Waals surface area contributed by atoms with Crippen LogP contribution in [0, 0.1) is 0 Å². The molecule has 8 aromatic carbocycles. The number of rotatable bonds is 3. The Hall–Kier alpha value is -5.20. The van der Waals surface area contributed by atoms with Gasteiger partial charge < -0.3 is 0 Å². The van der Waals surface area contributed by atoms with Gasteiger partial charge in [0.2, 0.25) is 0 Å². The van der Waals surface area contributed by atoms with E-state index in [1.807, 2.05) is 78.9 Å². The Bertz CT molecular complexity index is 2350. The summed E-state index contributed by atoms with van der Waals surface area (Å²) in [7, 11) is 0. The third-order valence-electron chi connectivity index (χ3n) is 7.90. The van der Waals surface area contributed by atoms with Crippen LogP contribution in [0.1, 0.15) is 5.48 Å². The molecule has 0 fully saturated rings. The van der Waals surface area contributed by atoms with Gasteiger partial charge in [-0.15, -0.1) is 0 Å². The van der Waals surface area contributed by atoms with Crippen molar-refractivity contribution in [2.75, 3.05) is 0 Å². The molecule has 0 heterocycles. The molecule has 0 saturated carbocycles. The molecule has 0 amide bonds. The van der Waals surface area contributed by atoms with Crippen molar-refractivity contribution >= 4 is 43.1 Å². The first-order chi connectivity index (χ1) is 21.5. The lowest BCUT2D eigenvalue weighted by Gasteiger charge is -2.19. The molecule has 0 saturated heterocycles. The van der Waals surface area contributed by atoms with Gasteiger partial charge in [0.05, 0.1) is 5.48 Å². The Morgan fingerprint density at radius 2 is 0.825 bits per heavy atom. The zero-order chi connectivity index (χ0) is 29.9. The molecule has 0 aliphatic carbocycles. The van der Waals surface area contributed by atoms with Gasteiger partial charge in [0.1, 0.15) is 0 Å². The Morgan fingerprint density at radius 3 is 1.50 bits per heavy atom. The average Bonchev–Trinajstić information content (AvgIpc) is 3.07. The standard InChI is InChI=1S/C40H26/c1-2-12-31-26-32(25-22-27(31)10-1)28-20-23-30(24-21-28)39-35-15-5-7-17-37(35)40(38-18-8-6-16-36(38)39)34-19-9-13-29-11-3-4-14-33(29)34/h1-26H/i20D,21D,23D,24D. The van der Waals surface area contributed by atoms with Crippen molar-refractivity contribution in [1.29, 1.82) is 0 Å². The zero-order valence-electron chi connectivity index (χ0n) is 25.7. The fourth-order valence-corrected chi connectivity index (χ4v) is 6.06. The van der Waals surface area contributed by atoms with Gasteiger partial charge in [-0.25, -0.2) is 0 Å². The molecular formula is C40H26. The fourth-order valence-electron chi connectivity index (χ4n) is 6.06. The average molecular weight is 511 g/mol. The minimum Gasteiger partial charge on any atom is -0.0616 e. The molecule has 0 atom stereocenters. The van der Waals surface area contributed by atoms with Gasteiger partial charge in [0, 0.05) is 0 Å². The molecule has 8 rings (SSSR count). The number of hydrogen-bond donors (Lipinski definition) is 0. The molecule has 0 heteroatoms. The van der Waals surface area contributed by atoms with Crippen molar-refractivity contribution < 1.29 is 5.48 Å². The second kappa shape index (κ2) is 9.22. The molecule has 0 radical (unpaired) electrons. The second-order valence-electron chi connectivity index (χ2n) is 10.2. The molecule has 0 nitrogen and oxygen atoms in total. The maximum Gasteiger partial charge on any atom is 0.0629 e. The molecular weight excluding hydrogens is 480 g/mol. The van der Waals surface area contributed by atoms with Crippen LogP contribution in [0.25, 0.3) is 76.5 Å². The van der Waals surface area contributed by atoms with E-state index in [2.05, 4.69) is 54.6 Å². The van der Waals surface area contributed by atoms with Gasteiger partial charge in [-0.05, 0) is 82.5 Å². The van der Waals surface area contributed by atoms with Crippen LogP contribution in [-0.4, -0.2) is 0 Å². The van der Waals surface area contributed by atoms with Crippen LogP contribution in [0.5, 0.6) is 0 Å². The van der Waals surface area contributed by atoms with Crippen LogP contribution in [0.3, 0.4) is 0 Å². The van der Waals surface area contributed by atoms with Crippen molar-refractivity contribution in [3.8, 4) is 33.4 Å². The number of hydrogen-bond acceptors (Lipinski definition) is 0. The van der Waals surface area contributed by atoms with Gasteiger partial charge in [-0.1, -0.05) is 152 Å². The minimum absolute atomic E-state index is 0.0393. The molecule has 0 N–H and O–H groups in total. The Balaban J connectivity index is 1.46. The third-order valence-corrected chi connectivity index (χ3v) is 7.90. The lowest BCUT2D eigenvalue weighted by atomic mass is 9.84. The highest BCUT2D eigenvalue weighted by Crippen LogP contribution is 2.45. The van der Waals surface area contributed by atoms with Gasteiger partial charge in [-0.2, -0.15) is 0 Å². The molecule has 0 bridgehead atoms. The summed E-state index contributed by atoms with van der Waals surface area (Å²) < 4.78 is 36.9. The quantitative estimate of drug-likeness (QED) is 0.207. The maximum absolute atomic E-state index is 9.31. The minimum atomic E-state index is -0.0395. The summed E-state index contributed by atoms with van der Waals surface area (Å²) in [5.41, 5.74) is 4.25. The SMILES string of the molecule is [2H]c1c([2H])c(-c2c3ccccc3c(-c3cccc4ccccc34)c3ccccc23)c([2H])c([2H])c1-c1ccc2ccccc2c1. The summed E-state index contributed by atoms with van der Waals surface area (Å²) in [6.07, 6.45) is 0. The number of fused-ring (bicyclic) bond motifs is 4. The van der Waals surface area contributed by atoms with E-state index in [9.17, 15) is 2.74 Å². The maximum atomic E-state index is 9.31. The van der Waals surface area contributed by atoms with Gasteiger partial charge in [0.15, 0.2) is 0 Å². The summed E-state index contributed by atoms with van der Waals surface area (Å²) in [5, 5.41) is 8.18. The van der Waals surface area contributed by atoms with Crippen molar-refractivity contribution in [2.24, 2.45) is 0 Å². The zero-order valence-corrected chi connectivity index (χ0v) is 21.7. The van der Waals surface area contributed by atoms with Gasteiger partial charge >= 0.3 is 0 Å². The van der Waals surface area contributed by atoms with Crippen LogP contribution >= 0.6 is 0 Å². The van der Waals surface area contributed by atoms with Crippen LogP contribution in [0.2, 0.25) is 0 Å². The third kappa shape index (κ3) is 3.61. The Labute approximate surface area is 239 Å². The molecule has 0 aliphatic rings. The first-order valence-corrected chi connectivity index (χ1v) is 13.5. The van der Waals surface area contributed by atoms with E-state index in [4.69, 9.17) is 2.74 Å². The first kappa shape index (κ1) is 19.0. The highest BCUT2D eigenvalue weighted by molar-refractivity contribution is 6.23. The summed E-state index contributed by atoms with van der Waals surface area (Å²) in [5.74, 6) is 0. The van der Waals surface area contributed by atoms with Crippen LogP contribution in [0.15, 0.2) is 158 Å². The molecule has 0 aromatic heterocycles. The van der Waals surface area contributed by atoms with Crippen molar-refractivity contribution in [3.05, 3.63) is 158 Å². The van der Waals surface area contributed by atoms with E-state index in [0.29, 0.717) is 16.7 Å². The molecule has 0 spiro atoms. The lowest BCUT2D eigenvalue weighted by Crippen LogP contribution is -1.91. The normalized spacial score (nSPS) is 12.9. The first-order valence-electron chi connectivity index (χ1n) is 15.5. The summed E-state index contributed by atoms with van der Waals surface area (Å²) in [4.78, 5) is 0. The van der Waals surface area contributed by atoms with Gasteiger partial charge in [-0.3, -0.25) is 0 Å². The van der Waals surface area contributed by atoms with E-state index in [1.165, 1.54) is 0 Å². The van der Waals surface area contributed by atoms with E-state index in [1.54, 1.807) is 0 Å². The van der Waals surface area contributed by atoms with E-state index >= 15 is 0 Å². The van der Waals surface area contributed by atoms with E-state index < -0.39 is 0 Å². The highest BCUT2D eigenvalue weighted by atomic mass is 14.2. The van der Waals surface area contributed by atoms with Crippen molar-refractivity contribution in [1.82, 2.24) is 0 Å². The summed E-state index contributed by atoms with van der Waals surface area (Å²) in [6, 6.07) is 44.6. The van der Waals surface area contributed by atoms with E-state index in [0.717, 1.165) is 59.8 Å².